The lowest BCUT2D eigenvalue weighted by Crippen LogP contribution is -2.10. The molecule has 0 saturated carbocycles. The quantitative estimate of drug-likeness (QED) is 0.515. The topological polar surface area (TPSA) is 80.9 Å². The van der Waals surface area contributed by atoms with Crippen molar-refractivity contribution in [1.29, 1.82) is 0 Å². The molecule has 5 nitrogen and oxygen atoms in total. The number of nitrogens with two attached hydrogens (primary N) is 1. The molecule has 0 bridgehead atoms. The highest BCUT2D eigenvalue weighted by Gasteiger charge is 2.22. The summed E-state index contributed by atoms with van der Waals surface area (Å²) in [5.74, 6) is 1.21. The number of fused-ring (bicyclic) bond motifs is 2. The number of nitrogens with one attached hydrogen (secondary N) is 1. The van der Waals surface area contributed by atoms with Gasteiger partial charge in [-0.05, 0) is 30.9 Å². The van der Waals surface area contributed by atoms with Crippen molar-refractivity contribution < 1.29 is 4.79 Å². The Kier molecular flexibility index (Phi) is 4.48. The number of aryl methyl sites for hydroxylation is 1. The molecule has 0 saturated heterocycles. The molecule has 3 N–H and O–H groups in total. The van der Waals surface area contributed by atoms with Crippen LogP contribution in [0.3, 0.4) is 0 Å². The summed E-state index contributed by atoms with van der Waals surface area (Å²) in [6.45, 7) is 0.723. The Balaban J connectivity index is 1.57. The van der Waals surface area contributed by atoms with E-state index in [-0.39, 0.29) is 0 Å². The van der Waals surface area contributed by atoms with Gasteiger partial charge < -0.3 is 11.1 Å². The first-order valence-corrected chi connectivity index (χ1v) is 10.6. The summed E-state index contributed by atoms with van der Waals surface area (Å²) >= 11 is 1.56. The molecule has 0 unspecified atom stereocenters. The molecule has 0 fully saturated rings. The summed E-state index contributed by atoms with van der Waals surface area (Å²) in [6, 6.07) is 15.9. The second kappa shape index (κ2) is 7.29. The Bertz CT molecular complexity index is 1220. The molecule has 0 radical (unpaired) electrons. The van der Waals surface area contributed by atoms with Gasteiger partial charge in [-0.3, -0.25) is 4.79 Å². The van der Waals surface area contributed by atoms with Gasteiger partial charge in [0, 0.05) is 39.5 Å². The van der Waals surface area contributed by atoms with Crippen LogP contribution in [0, 0.1) is 0 Å². The Labute approximate surface area is 172 Å². The molecule has 6 heteroatoms. The number of hydrogen-bond acceptors (Lipinski definition) is 5. The fraction of sp³-hybridized carbons (Fsp3) is 0.174. The van der Waals surface area contributed by atoms with Gasteiger partial charge in [0.1, 0.15) is 5.82 Å². The zero-order valence-electron chi connectivity index (χ0n) is 15.8. The molecule has 0 atom stereocenters. The van der Waals surface area contributed by atoms with Crippen LogP contribution in [0.2, 0.25) is 0 Å². The van der Waals surface area contributed by atoms with Crippen LogP contribution in [0.1, 0.15) is 33.6 Å². The minimum absolute atomic E-state index is 0.417. The number of anilines is 1. The zero-order valence-corrected chi connectivity index (χ0v) is 16.6. The fourth-order valence-electron chi connectivity index (χ4n) is 3.92. The number of thiophene rings is 1. The summed E-state index contributed by atoms with van der Waals surface area (Å²) in [5, 5.41) is 7.33. The van der Waals surface area contributed by atoms with Gasteiger partial charge in [-0.2, -0.15) is 0 Å². The molecule has 2 aromatic carbocycles. The number of benzene rings is 2. The third kappa shape index (κ3) is 3.25. The maximum Gasteiger partial charge on any atom is 0.249 e. The monoisotopic (exact) mass is 400 g/mol. The average molecular weight is 401 g/mol. The fourth-order valence-corrected chi connectivity index (χ4v) is 4.91. The van der Waals surface area contributed by atoms with Crippen molar-refractivity contribution in [2.75, 3.05) is 5.32 Å². The van der Waals surface area contributed by atoms with E-state index in [0.717, 1.165) is 53.0 Å². The van der Waals surface area contributed by atoms with Crippen LogP contribution < -0.4 is 11.1 Å². The van der Waals surface area contributed by atoms with E-state index in [4.69, 9.17) is 15.7 Å². The Morgan fingerprint density at radius 1 is 1.03 bits per heavy atom. The molecule has 1 amide bonds. The van der Waals surface area contributed by atoms with Gasteiger partial charge in [0.25, 0.3) is 0 Å². The molecule has 1 aliphatic carbocycles. The molecule has 0 spiro atoms. The van der Waals surface area contributed by atoms with Gasteiger partial charge in [0.15, 0.2) is 5.82 Å². The third-order valence-electron chi connectivity index (χ3n) is 5.35. The summed E-state index contributed by atoms with van der Waals surface area (Å²) in [4.78, 5) is 22.5. The number of aromatic nitrogens is 2. The summed E-state index contributed by atoms with van der Waals surface area (Å²) in [5.41, 5.74) is 9.64. The number of rotatable bonds is 5. The Morgan fingerprint density at radius 2 is 1.90 bits per heavy atom. The third-order valence-corrected chi connectivity index (χ3v) is 6.34. The molecular formula is C23H20N4OS. The van der Waals surface area contributed by atoms with Crippen molar-refractivity contribution in [2.45, 2.75) is 25.8 Å². The van der Waals surface area contributed by atoms with Gasteiger partial charge >= 0.3 is 0 Å². The maximum absolute atomic E-state index is 11.8. The minimum Gasteiger partial charge on any atom is -0.366 e. The average Bonchev–Trinajstić information content (AvgIpc) is 3.39. The van der Waals surface area contributed by atoms with Gasteiger partial charge in [-0.25, -0.2) is 9.97 Å². The van der Waals surface area contributed by atoms with Crippen molar-refractivity contribution in [3.63, 3.8) is 0 Å². The van der Waals surface area contributed by atoms with E-state index in [1.807, 2.05) is 35.7 Å². The second-order valence-electron chi connectivity index (χ2n) is 7.21. The van der Waals surface area contributed by atoms with Crippen molar-refractivity contribution in [2.24, 2.45) is 5.73 Å². The standard InChI is InChI=1S/C23H20N4OS/c24-21(28)16-9-4-8-15-18(16)13-29-20(15)23-26-19-11-5-10-17(19)22(27-23)25-12-14-6-2-1-3-7-14/h1-4,6-9,13H,5,10-12H2,(H2,24,28)(H,25,26,27). The smallest absolute Gasteiger partial charge is 0.249 e. The summed E-state index contributed by atoms with van der Waals surface area (Å²) < 4.78 is 0. The highest BCUT2D eigenvalue weighted by atomic mass is 32.1. The van der Waals surface area contributed by atoms with E-state index < -0.39 is 5.91 Å². The van der Waals surface area contributed by atoms with E-state index >= 15 is 0 Å². The lowest BCUT2D eigenvalue weighted by atomic mass is 10.1. The highest BCUT2D eigenvalue weighted by Crippen LogP contribution is 2.37. The van der Waals surface area contributed by atoms with E-state index in [9.17, 15) is 4.79 Å². The number of amides is 1. The van der Waals surface area contributed by atoms with Crippen molar-refractivity contribution >= 4 is 33.8 Å². The van der Waals surface area contributed by atoms with Gasteiger partial charge in [0.2, 0.25) is 5.91 Å². The van der Waals surface area contributed by atoms with Crippen molar-refractivity contribution in [3.8, 4) is 10.7 Å². The molecule has 5 rings (SSSR count). The number of carbonyl (C=O) groups is 1. The van der Waals surface area contributed by atoms with Crippen LogP contribution in [0.4, 0.5) is 5.82 Å². The van der Waals surface area contributed by atoms with Gasteiger partial charge in [0.05, 0.1) is 4.88 Å². The number of primary amides is 1. The minimum atomic E-state index is -0.417. The van der Waals surface area contributed by atoms with Crippen LogP contribution in [0.5, 0.6) is 0 Å². The Morgan fingerprint density at radius 3 is 2.72 bits per heavy atom. The van der Waals surface area contributed by atoms with Gasteiger partial charge in [-0.1, -0.05) is 42.5 Å². The molecule has 2 heterocycles. The summed E-state index contributed by atoms with van der Waals surface area (Å²) in [6.07, 6.45) is 3.08. The first kappa shape index (κ1) is 17.8. The van der Waals surface area contributed by atoms with Gasteiger partial charge in [-0.15, -0.1) is 11.3 Å². The van der Waals surface area contributed by atoms with Crippen LogP contribution >= 0.6 is 11.3 Å². The van der Waals surface area contributed by atoms with E-state index in [1.54, 1.807) is 17.4 Å². The van der Waals surface area contributed by atoms with E-state index in [0.29, 0.717) is 11.4 Å². The van der Waals surface area contributed by atoms with Crippen molar-refractivity contribution in [3.05, 3.63) is 76.3 Å². The van der Waals surface area contributed by atoms with Crippen LogP contribution in [-0.2, 0) is 19.4 Å². The molecule has 1 aliphatic rings. The molecule has 29 heavy (non-hydrogen) atoms. The van der Waals surface area contributed by atoms with E-state index in [2.05, 4.69) is 17.4 Å². The highest BCUT2D eigenvalue weighted by molar-refractivity contribution is 7.15. The second-order valence-corrected chi connectivity index (χ2v) is 8.09. The van der Waals surface area contributed by atoms with Crippen LogP contribution in [0.15, 0.2) is 53.9 Å². The normalized spacial score (nSPS) is 12.8. The summed E-state index contributed by atoms with van der Waals surface area (Å²) in [7, 11) is 0. The molecule has 2 aromatic heterocycles. The first-order chi connectivity index (χ1) is 14.2. The molecule has 4 aromatic rings. The Hall–Kier alpha value is -3.25. The maximum atomic E-state index is 11.8. The zero-order chi connectivity index (χ0) is 19.8. The van der Waals surface area contributed by atoms with Crippen LogP contribution in [-0.4, -0.2) is 15.9 Å². The predicted octanol–water partition coefficient (Wildman–Crippen LogP) is 4.56. The number of hydrogen-bond donors (Lipinski definition) is 2. The number of carbonyl (C=O) groups excluding carboxylic acids is 1. The first-order valence-electron chi connectivity index (χ1n) is 9.68. The van der Waals surface area contributed by atoms with Crippen molar-refractivity contribution in [1.82, 2.24) is 9.97 Å². The lowest BCUT2D eigenvalue weighted by Gasteiger charge is -2.12. The number of nitrogens with zero attached hydrogens (tertiary/aromatic N) is 2. The van der Waals surface area contributed by atoms with E-state index in [1.165, 1.54) is 11.1 Å². The molecular weight excluding hydrogens is 380 g/mol. The lowest BCUT2D eigenvalue weighted by molar-refractivity contribution is 0.100. The molecule has 0 aliphatic heterocycles. The van der Waals surface area contributed by atoms with Crippen LogP contribution in [0.25, 0.3) is 21.5 Å². The largest absolute Gasteiger partial charge is 0.366 e. The predicted molar refractivity (Wildman–Crippen MR) is 117 cm³/mol. The SMILES string of the molecule is NC(=O)c1cccc2c(-c3nc4c(c(NCc5ccccc5)n3)CCC4)scc12. The molecule has 144 valence electrons.